The van der Waals surface area contributed by atoms with Gasteiger partial charge in [0, 0.05) is 11.1 Å². The monoisotopic (exact) mass is 331 g/mol. The third-order valence-corrected chi connectivity index (χ3v) is 3.77. The number of hydrogen-bond acceptors (Lipinski definition) is 6. The summed E-state index contributed by atoms with van der Waals surface area (Å²) in [5.41, 5.74) is 2.94. The summed E-state index contributed by atoms with van der Waals surface area (Å²) in [6, 6.07) is 16.7. The number of methoxy groups -OCH3 is 1. The molecule has 2 heterocycles. The summed E-state index contributed by atoms with van der Waals surface area (Å²) in [7, 11) is 1.35. The van der Waals surface area contributed by atoms with Crippen LogP contribution in [0.5, 0.6) is 0 Å². The fourth-order valence-corrected chi connectivity index (χ4v) is 2.50. The first kappa shape index (κ1) is 14.9. The summed E-state index contributed by atoms with van der Waals surface area (Å²) < 4.78 is 6.27. The third-order valence-electron chi connectivity index (χ3n) is 3.77. The van der Waals surface area contributed by atoms with E-state index in [0.29, 0.717) is 17.2 Å². The Balaban J connectivity index is 1.73. The number of carbonyl (C=O) groups excluding carboxylic acids is 1. The quantitative estimate of drug-likeness (QED) is 0.537. The lowest BCUT2D eigenvalue weighted by atomic mass is 10.1. The van der Waals surface area contributed by atoms with E-state index >= 15 is 0 Å². The van der Waals surface area contributed by atoms with Gasteiger partial charge >= 0.3 is 5.97 Å². The molecule has 2 aromatic carbocycles. The van der Waals surface area contributed by atoms with Crippen molar-refractivity contribution < 1.29 is 9.53 Å². The zero-order valence-electron chi connectivity index (χ0n) is 13.3. The number of carbonyl (C=O) groups is 1. The number of rotatable bonds is 3. The van der Waals surface area contributed by atoms with Gasteiger partial charge in [-0.1, -0.05) is 42.5 Å². The number of aromatic nitrogens is 5. The van der Waals surface area contributed by atoms with Crippen LogP contribution in [0, 0.1) is 0 Å². The lowest BCUT2D eigenvalue weighted by Crippen LogP contribution is -2.01. The second kappa shape index (κ2) is 6.12. The lowest BCUT2D eigenvalue weighted by Gasteiger charge is -2.03. The Morgan fingerprint density at radius 3 is 2.44 bits per heavy atom. The van der Waals surface area contributed by atoms with Crippen LogP contribution in [0.3, 0.4) is 0 Å². The van der Waals surface area contributed by atoms with Crippen LogP contribution in [0.15, 0.2) is 60.8 Å². The zero-order valence-corrected chi connectivity index (χ0v) is 13.3. The van der Waals surface area contributed by atoms with Crippen LogP contribution >= 0.6 is 0 Å². The normalized spacial score (nSPS) is 10.8. The van der Waals surface area contributed by atoms with Crippen molar-refractivity contribution in [3.63, 3.8) is 0 Å². The average Bonchev–Trinajstić information content (AvgIpc) is 3.11. The molecule has 122 valence electrons. The van der Waals surface area contributed by atoms with E-state index in [2.05, 4.69) is 20.3 Å². The summed E-state index contributed by atoms with van der Waals surface area (Å²) in [6.45, 7) is 0. The molecule has 7 heteroatoms. The highest BCUT2D eigenvalue weighted by Gasteiger charge is 2.13. The zero-order chi connectivity index (χ0) is 17.2. The van der Waals surface area contributed by atoms with Crippen LogP contribution in [0.1, 0.15) is 10.4 Å². The SMILES string of the molecule is COC(=O)c1ccc(-c2nnc3nc(-c4ccccc4)cnn23)cc1. The standard InChI is InChI=1S/C18H13N5O2/c1-25-17(24)14-9-7-13(8-10-14)16-21-22-18-20-15(11-19-23(16)18)12-5-3-2-4-6-12/h2-11H,1H3. The van der Waals surface area contributed by atoms with Gasteiger partial charge in [-0.2, -0.15) is 9.61 Å². The van der Waals surface area contributed by atoms with Gasteiger partial charge in [-0.15, -0.1) is 10.2 Å². The summed E-state index contributed by atoms with van der Waals surface area (Å²) in [5.74, 6) is 0.580. The lowest BCUT2D eigenvalue weighted by molar-refractivity contribution is 0.0601. The average molecular weight is 331 g/mol. The van der Waals surface area contributed by atoms with Gasteiger partial charge in [-0.05, 0) is 12.1 Å². The first-order valence-corrected chi connectivity index (χ1v) is 7.59. The van der Waals surface area contributed by atoms with Crippen molar-refractivity contribution in [3.8, 4) is 22.6 Å². The van der Waals surface area contributed by atoms with Crippen molar-refractivity contribution in [2.75, 3.05) is 7.11 Å². The Bertz CT molecular complexity index is 1040. The van der Waals surface area contributed by atoms with Crippen molar-refractivity contribution >= 4 is 11.7 Å². The molecule has 7 nitrogen and oxygen atoms in total. The Labute approximate surface area is 142 Å². The fraction of sp³-hybridized carbons (Fsp3) is 0.0556. The van der Waals surface area contributed by atoms with Crippen molar-refractivity contribution in [2.24, 2.45) is 0 Å². The van der Waals surface area contributed by atoms with E-state index in [0.717, 1.165) is 16.8 Å². The predicted molar refractivity (Wildman–Crippen MR) is 90.8 cm³/mol. The van der Waals surface area contributed by atoms with E-state index in [9.17, 15) is 4.79 Å². The van der Waals surface area contributed by atoms with Crippen LogP contribution in [-0.2, 0) is 4.74 Å². The summed E-state index contributed by atoms with van der Waals surface area (Å²) in [5, 5.41) is 12.7. The molecule has 0 atom stereocenters. The number of hydrogen-bond donors (Lipinski definition) is 0. The van der Waals surface area contributed by atoms with E-state index in [1.165, 1.54) is 7.11 Å². The van der Waals surface area contributed by atoms with E-state index in [4.69, 9.17) is 4.74 Å². The molecule has 0 fully saturated rings. The summed E-state index contributed by atoms with van der Waals surface area (Å²) >= 11 is 0. The summed E-state index contributed by atoms with van der Waals surface area (Å²) in [6.07, 6.45) is 1.68. The summed E-state index contributed by atoms with van der Waals surface area (Å²) in [4.78, 5) is 16.0. The minimum absolute atomic E-state index is 0.384. The van der Waals surface area contributed by atoms with Crippen LogP contribution in [-0.4, -0.2) is 37.9 Å². The molecule has 0 aliphatic rings. The Morgan fingerprint density at radius 1 is 0.960 bits per heavy atom. The van der Waals surface area contributed by atoms with Gasteiger partial charge in [0.05, 0.1) is 24.6 Å². The third kappa shape index (κ3) is 2.72. The molecular weight excluding hydrogens is 318 g/mol. The maximum absolute atomic E-state index is 11.5. The number of nitrogens with zero attached hydrogens (tertiary/aromatic N) is 5. The smallest absolute Gasteiger partial charge is 0.337 e. The van der Waals surface area contributed by atoms with Crippen molar-refractivity contribution in [1.82, 2.24) is 24.8 Å². The van der Waals surface area contributed by atoms with E-state index in [-0.39, 0.29) is 5.97 Å². The molecule has 0 saturated carbocycles. The van der Waals surface area contributed by atoms with Gasteiger partial charge in [0.25, 0.3) is 5.78 Å². The van der Waals surface area contributed by atoms with Crippen LogP contribution < -0.4 is 0 Å². The molecule has 0 aliphatic carbocycles. The molecule has 0 bridgehead atoms. The van der Waals surface area contributed by atoms with E-state index in [1.807, 2.05) is 30.3 Å². The Morgan fingerprint density at radius 2 is 1.72 bits per heavy atom. The Hall–Kier alpha value is -3.61. The molecule has 2 aromatic heterocycles. The highest BCUT2D eigenvalue weighted by Crippen LogP contribution is 2.20. The van der Waals surface area contributed by atoms with Gasteiger partial charge in [0.15, 0.2) is 5.82 Å². The van der Waals surface area contributed by atoms with E-state index in [1.54, 1.807) is 35.0 Å². The number of fused-ring (bicyclic) bond motifs is 1. The number of esters is 1. The molecule has 4 rings (SSSR count). The second-order valence-corrected chi connectivity index (χ2v) is 5.31. The highest BCUT2D eigenvalue weighted by atomic mass is 16.5. The fourth-order valence-electron chi connectivity index (χ4n) is 2.50. The molecule has 0 spiro atoms. The molecule has 0 saturated heterocycles. The Kier molecular flexibility index (Phi) is 3.66. The van der Waals surface area contributed by atoms with Gasteiger partial charge in [-0.25, -0.2) is 9.78 Å². The largest absolute Gasteiger partial charge is 0.465 e. The van der Waals surface area contributed by atoms with Gasteiger partial charge in [0.2, 0.25) is 0 Å². The number of benzene rings is 2. The molecule has 25 heavy (non-hydrogen) atoms. The molecule has 0 aliphatic heterocycles. The highest BCUT2D eigenvalue weighted by molar-refractivity contribution is 5.89. The first-order valence-electron chi connectivity index (χ1n) is 7.59. The topological polar surface area (TPSA) is 82.3 Å². The van der Waals surface area contributed by atoms with Crippen molar-refractivity contribution in [2.45, 2.75) is 0 Å². The molecule has 4 aromatic rings. The van der Waals surface area contributed by atoms with Gasteiger partial charge < -0.3 is 4.74 Å². The van der Waals surface area contributed by atoms with Gasteiger partial charge in [0.1, 0.15) is 0 Å². The maximum Gasteiger partial charge on any atom is 0.337 e. The minimum atomic E-state index is -0.384. The maximum atomic E-state index is 11.5. The molecule has 0 N–H and O–H groups in total. The second-order valence-electron chi connectivity index (χ2n) is 5.31. The minimum Gasteiger partial charge on any atom is -0.465 e. The first-order chi connectivity index (χ1) is 12.3. The molecular formula is C18H13N5O2. The van der Waals surface area contributed by atoms with Crippen molar-refractivity contribution in [1.29, 1.82) is 0 Å². The van der Waals surface area contributed by atoms with Crippen molar-refractivity contribution in [3.05, 3.63) is 66.4 Å². The number of ether oxygens (including phenoxy) is 1. The molecule has 0 unspecified atom stereocenters. The molecule has 0 amide bonds. The van der Waals surface area contributed by atoms with Crippen LogP contribution in [0.4, 0.5) is 0 Å². The molecule has 0 radical (unpaired) electrons. The van der Waals surface area contributed by atoms with Crippen LogP contribution in [0.2, 0.25) is 0 Å². The van der Waals surface area contributed by atoms with Crippen LogP contribution in [0.25, 0.3) is 28.4 Å². The van der Waals surface area contributed by atoms with Gasteiger partial charge in [-0.3, -0.25) is 0 Å². The predicted octanol–water partition coefficient (Wildman–Crippen LogP) is 2.64. The van der Waals surface area contributed by atoms with E-state index < -0.39 is 0 Å².